The fourth-order valence-corrected chi connectivity index (χ4v) is 2.46. The summed E-state index contributed by atoms with van der Waals surface area (Å²) < 4.78 is 4.98. The average Bonchev–Trinajstić information content (AvgIpc) is 2.67. The Bertz CT molecular complexity index is 322. The highest BCUT2D eigenvalue weighted by Crippen LogP contribution is 2.23. The van der Waals surface area contributed by atoms with Crippen molar-refractivity contribution in [2.75, 3.05) is 0 Å². The third-order valence-electron chi connectivity index (χ3n) is 3.80. The first-order valence-electron chi connectivity index (χ1n) is 7.83. The molecule has 1 aliphatic rings. The van der Waals surface area contributed by atoms with E-state index >= 15 is 0 Å². The topological polar surface area (TPSA) is 46.5 Å². The van der Waals surface area contributed by atoms with Gasteiger partial charge in [-0.3, -0.25) is 4.79 Å². The minimum absolute atomic E-state index is 0.302. The SMILES string of the molecule is C=CCCCCCCCC/C=C/[C@H]1C(=O)O[C@H](C)[C@@H]1O. The number of cyclic esters (lactones) is 1. The Hall–Kier alpha value is -1.09. The molecule has 0 aromatic heterocycles. The van der Waals surface area contributed by atoms with Gasteiger partial charge in [0.25, 0.3) is 0 Å². The van der Waals surface area contributed by atoms with Gasteiger partial charge in [0.2, 0.25) is 0 Å². The first-order valence-corrected chi connectivity index (χ1v) is 7.83. The molecule has 0 bridgehead atoms. The molecule has 3 atom stereocenters. The summed E-state index contributed by atoms with van der Waals surface area (Å²) in [4.78, 5) is 11.4. The molecule has 1 rings (SSSR count). The maximum absolute atomic E-state index is 11.4. The molecule has 0 amide bonds. The van der Waals surface area contributed by atoms with Gasteiger partial charge in [0.05, 0.1) is 0 Å². The fraction of sp³-hybridized carbons (Fsp3) is 0.706. The van der Waals surface area contributed by atoms with Crippen molar-refractivity contribution in [3.8, 4) is 0 Å². The number of unbranched alkanes of at least 4 members (excludes halogenated alkanes) is 7. The Morgan fingerprint density at radius 1 is 1.15 bits per heavy atom. The number of aliphatic hydroxyl groups is 1. The smallest absolute Gasteiger partial charge is 0.315 e. The molecule has 1 N–H and O–H groups in total. The largest absolute Gasteiger partial charge is 0.459 e. The normalized spacial score (nSPS) is 26.1. The van der Waals surface area contributed by atoms with E-state index in [4.69, 9.17) is 4.74 Å². The molecule has 1 aliphatic heterocycles. The zero-order valence-electron chi connectivity index (χ0n) is 12.6. The van der Waals surface area contributed by atoms with E-state index in [-0.39, 0.29) is 12.1 Å². The lowest BCUT2D eigenvalue weighted by Gasteiger charge is -2.07. The van der Waals surface area contributed by atoms with Crippen molar-refractivity contribution in [3.05, 3.63) is 24.8 Å². The Morgan fingerprint density at radius 3 is 2.30 bits per heavy atom. The van der Waals surface area contributed by atoms with E-state index in [1.807, 2.05) is 12.2 Å². The van der Waals surface area contributed by atoms with Gasteiger partial charge in [-0.25, -0.2) is 0 Å². The number of aliphatic hydroxyl groups excluding tert-OH is 1. The van der Waals surface area contributed by atoms with Crippen molar-refractivity contribution in [2.45, 2.75) is 70.5 Å². The van der Waals surface area contributed by atoms with Crippen LogP contribution >= 0.6 is 0 Å². The van der Waals surface area contributed by atoms with E-state index in [0.717, 1.165) is 19.3 Å². The van der Waals surface area contributed by atoms with Crippen LogP contribution in [-0.2, 0) is 9.53 Å². The van der Waals surface area contributed by atoms with Crippen LogP contribution in [0, 0.1) is 5.92 Å². The summed E-state index contributed by atoms with van der Waals surface area (Å²) >= 11 is 0. The van der Waals surface area contributed by atoms with Gasteiger partial charge in [0.1, 0.15) is 18.1 Å². The Balaban J connectivity index is 2.02. The molecule has 1 fully saturated rings. The van der Waals surface area contributed by atoms with Crippen molar-refractivity contribution in [1.29, 1.82) is 0 Å². The molecular weight excluding hydrogens is 252 g/mol. The van der Waals surface area contributed by atoms with Crippen LogP contribution in [0.25, 0.3) is 0 Å². The first-order chi connectivity index (χ1) is 9.66. The number of hydrogen-bond acceptors (Lipinski definition) is 3. The maximum atomic E-state index is 11.4. The molecule has 0 unspecified atom stereocenters. The second-order valence-corrected chi connectivity index (χ2v) is 5.57. The van der Waals surface area contributed by atoms with Crippen LogP contribution < -0.4 is 0 Å². The summed E-state index contributed by atoms with van der Waals surface area (Å²) in [7, 11) is 0. The van der Waals surface area contributed by atoms with Crippen LogP contribution in [-0.4, -0.2) is 23.3 Å². The molecule has 3 nitrogen and oxygen atoms in total. The lowest BCUT2D eigenvalue weighted by molar-refractivity contribution is -0.142. The van der Waals surface area contributed by atoms with E-state index in [2.05, 4.69) is 6.58 Å². The molecule has 0 saturated carbocycles. The van der Waals surface area contributed by atoms with Crippen molar-refractivity contribution in [3.63, 3.8) is 0 Å². The van der Waals surface area contributed by atoms with Crippen LogP contribution in [0.4, 0.5) is 0 Å². The summed E-state index contributed by atoms with van der Waals surface area (Å²) in [5.74, 6) is -0.771. The van der Waals surface area contributed by atoms with E-state index in [1.54, 1.807) is 13.0 Å². The molecule has 0 aliphatic carbocycles. The van der Waals surface area contributed by atoms with Gasteiger partial charge in [-0.05, 0) is 32.6 Å². The molecule has 1 heterocycles. The first kappa shape index (κ1) is 17.0. The zero-order chi connectivity index (χ0) is 14.8. The highest BCUT2D eigenvalue weighted by atomic mass is 16.6. The van der Waals surface area contributed by atoms with E-state index < -0.39 is 12.0 Å². The van der Waals surface area contributed by atoms with Gasteiger partial charge in [-0.1, -0.05) is 43.9 Å². The molecular formula is C17H28O3. The van der Waals surface area contributed by atoms with Crippen molar-refractivity contribution < 1.29 is 14.6 Å². The lowest BCUT2D eigenvalue weighted by Crippen LogP contribution is -2.23. The summed E-state index contributed by atoms with van der Waals surface area (Å²) in [5, 5.41) is 9.77. The van der Waals surface area contributed by atoms with E-state index in [9.17, 15) is 9.90 Å². The van der Waals surface area contributed by atoms with Gasteiger partial charge in [0, 0.05) is 0 Å². The highest BCUT2D eigenvalue weighted by molar-refractivity contribution is 5.77. The number of carbonyl (C=O) groups excluding carboxylic acids is 1. The third-order valence-corrected chi connectivity index (χ3v) is 3.80. The van der Waals surface area contributed by atoms with Gasteiger partial charge < -0.3 is 9.84 Å². The van der Waals surface area contributed by atoms with Crippen molar-refractivity contribution in [1.82, 2.24) is 0 Å². The lowest BCUT2D eigenvalue weighted by atomic mass is 10.0. The predicted octanol–water partition coefficient (Wildman–Crippen LogP) is 3.77. The molecule has 114 valence electrons. The molecule has 0 aromatic carbocycles. The number of allylic oxidation sites excluding steroid dienone is 2. The van der Waals surface area contributed by atoms with Gasteiger partial charge in [-0.15, -0.1) is 6.58 Å². The Morgan fingerprint density at radius 2 is 1.75 bits per heavy atom. The average molecular weight is 280 g/mol. The molecule has 0 aromatic rings. The minimum atomic E-state index is -0.691. The second kappa shape index (κ2) is 9.76. The van der Waals surface area contributed by atoms with Gasteiger partial charge in [0.15, 0.2) is 0 Å². The van der Waals surface area contributed by atoms with E-state index in [1.165, 1.54) is 32.1 Å². The molecule has 1 saturated heterocycles. The fourth-order valence-electron chi connectivity index (χ4n) is 2.46. The minimum Gasteiger partial charge on any atom is -0.459 e. The predicted molar refractivity (Wildman–Crippen MR) is 81.3 cm³/mol. The summed E-state index contributed by atoms with van der Waals surface area (Å²) in [6, 6.07) is 0. The highest BCUT2D eigenvalue weighted by Gasteiger charge is 2.39. The Labute approximate surface area is 122 Å². The molecule has 20 heavy (non-hydrogen) atoms. The molecule has 3 heteroatoms. The van der Waals surface area contributed by atoms with Crippen LogP contribution in [0.1, 0.15) is 58.3 Å². The van der Waals surface area contributed by atoms with Gasteiger partial charge >= 0.3 is 5.97 Å². The van der Waals surface area contributed by atoms with Crippen molar-refractivity contribution in [2.24, 2.45) is 5.92 Å². The second-order valence-electron chi connectivity index (χ2n) is 5.57. The molecule has 0 radical (unpaired) electrons. The van der Waals surface area contributed by atoms with Crippen LogP contribution in [0.5, 0.6) is 0 Å². The standard InChI is InChI=1S/C17H28O3/c1-3-4-5-6-7-8-9-10-11-12-13-15-16(18)14(2)20-17(15)19/h3,12-16,18H,1,4-11H2,2H3/b13-12+/t14-,15-,16+/m1/s1. The van der Waals surface area contributed by atoms with E-state index in [0.29, 0.717) is 0 Å². The maximum Gasteiger partial charge on any atom is 0.315 e. The van der Waals surface area contributed by atoms with Crippen molar-refractivity contribution >= 4 is 5.97 Å². The number of esters is 1. The Kier molecular flexibility index (Phi) is 8.28. The number of hydrogen-bond donors (Lipinski definition) is 1. The third kappa shape index (κ3) is 5.91. The summed E-state index contributed by atoms with van der Waals surface area (Å²) in [5.41, 5.74) is 0. The van der Waals surface area contributed by atoms with Crippen LogP contribution in [0.2, 0.25) is 0 Å². The van der Waals surface area contributed by atoms with Crippen LogP contribution in [0.3, 0.4) is 0 Å². The number of carbonyl (C=O) groups is 1. The molecule has 0 spiro atoms. The van der Waals surface area contributed by atoms with Gasteiger partial charge in [-0.2, -0.15) is 0 Å². The zero-order valence-corrected chi connectivity index (χ0v) is 12.6. The number of ether oxygens (including phenoxy) is 1. The van der Waals surface area contributed by atoms with Crippen LogP contribution in [0.15, 0.2) is 24.8 Å². The summed E-state index contributed by atoms with van der Waals surface area (Å²) in [6.07, 6.45) is 14.3. The monoisotopic (exact) mass is 280 g/mol. The number of rotatable bonds is 10. The summed E-state index contributed by atoms with van der Waals surface area (Å²) in [6.45, 7) is 5.44. The quantitative estimate of drug-likeness (QED) is 0.376.